The molecule has 0 bridgehead atoms. The predicted molar refractivity (Wildman–Crippen MR) is 61.3 cm³/mol. The third-order valence-electron chi connectivity index (χ3n) is 2.77. The molecule has 0 aliphatic rings. The maximum Gasteiger partial charge on any atom is 0.326 e. The number of aliphatic carboxylic acids is 1. The fourth-order valence-corrected chi connectivity index (χ4v) is 1.60. The lowest BCUT2D eigenvalue weighted by Crippen LogP contribution is -2.36. The van der Waals surface area contributed by atoms with Crippen LogP contribution in [0.3, 0.4) is 0 Å². The number of carboxylic acid groups (broad SMARTS) is 1. The lowest BCUT2D eigenvalue weighted by atomic mass is 10.1. The van der Waals surface area contributed by atoms with Crippen LogP contribution < -0.4 is 4.90 Å². The molecule has 4 heteroatoms. The SMILES string of the molecule is CCc1c(F)cccc1N(C)C(C)C(=O)O. The standard InChI is InChI=1S/C12H16FNO2/c1-4-9-10(13)6-5-7-11(9)14(3)8(2)12(15)16/h5-8H,4H2,1-3H3,(H,15,16). The van der Waals surface area contributed by atoms with Crippen molar-refractivity contribution >= 4 is 11.7 Å². The molecule has 0 aliphatic heterocycles. The van der Waals surface area contributed by atoms with E-state index in [1.54, 1.807) is 31.0 Å². The molecule has 1 unspecified atom stereocenters. The lowest BCUT2D eigenvalue weighted by molar-refractivity contribution is -0.138. The Hall–Kier alpha value is -1.58. The van der Waals surface area contributed by atoms with Gasteiger partial charge in [0.2, 0.25) is 0 Å². The van der Waals surface area contributed by atoms with Gasteiger partial charge in [-0.2, -0.15) is 0 Å². The fraction of sp³-hybridized carbons (Fsp3) is 0.417. The predicted octanol–water partition coefficient (Wildman–Crippen LogP) is 2.30. The minimum atomic E-state index is -0.922. The van der Waals surface area contributed by atoms with E-state index in [2.05, 4.69) is 0 Å². The Morgan fingerprint density at radius 3 is 2.69 bits per heavy atom. The van der Waals surface area contributed by atoms with Crippen LogP contribution in [0.4, 0.5) is 10.1 Å². The van der Waals surface area contributed by atoms with Crippen molar-refractivity contribution in [2.45, 2.75) is 26.3 Å². The third-order valence-corrected chi connectivity index (χ3v) is 2.77. The molecule has 1 rings (SSSR count). The molecule has 0 radical (unpaired) electrons. The van der Waals surface area contributed by atoms with E-state index in [4.69, 9.17) is 5.11 Å². The van der Waals surface area contributed by atoms with Crippen molar-refractivity contribution in [2.24, 2.45) is 0 Å². The first-order chi connectivity index (χ1) is 7.49. The maximum absolute atomic E-state index is 13.5. The van der Waals surface area contributed by atoms with E-state index in [0.717, 1.165) is 0 Å². The number of likely N-dealkylation sites (N-methyl/N-ethyl adjacent to an activating group) is 1. The van der Waals surface area contributed by atoms with Gasteiger partial charge in [-0.05, 0) is 25.5 Å². The molecule has 0 fully saturated rings. The summed E-state index contributed by atoms with van der Waals surface area (Å²) in [4.78, 5) is 12.4. The average molecular weight is 225 g/mol. The van der Waals surface area contributed by atoms with E-state index in [1.807, 2.05) is 6.92 Å². The van der Waals surface area contributed by atoms with Crippen LogP contribution in [0.1, 0.15) is 19.4 Å². The van der Waals surface area contributed by atoms with Crippen LogP contribution >= 0.6 is 0 Å². The number of carbonyl (C=O) groups is 1. The van der Waals surface area contributed by atoms with Gasteiger partial charge in [0, 0.05) is 18.3 Å². The topological polar surface area (TPSA) is 40.5 Å². The van der Waals surface area contributed by atoms with Crippen LogP contribution in [0.5, 0.6) is 0 Å². The van der Waals surface area contributed by atoms with Gasteiger partial charge >= 0.3 is 5.97 Å². The molecule has 0 saturated carbocycles. The normalized spacial score (nSPS) is 12.2. The average Bonchev–Trinajstić information content (AvgIpc) is 2.26. The Bertz CT molecular complexity index is 393. The van der Waals surface area contributed by atoms with Gasteiger partial charge in [-0.15, -0.1) is 0 Å². The van der Waals surface area contributed by atoms with Gasteiger partial charge in [-0.25, -0.2) is 9.18 Å². The number of benzene rings is 1. The van der Waals surface area contributed by atoms with Gasteiger partial charge in [0.25, 0.3) is 0 Å². The Kier molecular flexibility index (Phi) is 3.88. The first-order valence-corrected chi connectivity index (χ1v) is 5.22. The van der Waals surface area contributed by atoms with Crippen molar-refractivity contribution in [1.82, 2.24) is 0 Å². The van der Waals surface area contributed by atoms with E-state index in [1.165, 1.54) is 6.07 Å². The highest BCUT2D eigenvalue weighted by Crippen LogP contribution is 2.24. The van der Waals surface area contributed by atoms with Gasteiger partial charge in [-0.3, -0.25) is 0 Å². The van der Waals surface area contributed by atoms with Crippen molar-refractivity contribution in [3.05, 3.63) is 29.6 Å². The Morgan fingerprint density at radius 1 is 1.56 bits per heavy atom. The summed E-state index contributed by atoms with van der Waals surface area (Å²) in [7, 11) is 1.66. The van der Waals surface area contributed by atoms with Gasteiger partial charge in [0.1, 0.15) is 11.9 Å². The Labute approximate surface area is 94.5 Å². The van der Waals surface area contributed by atoms with E-state index in [9.17, 15) is 9.18 Å². The molecule has 1 atom stereocenters. The summed E-state index contributed by atoms with van der Waals surface area (Å²) in [5.41, 5.74) is 1.19. The van der Waals surface area contributed by atoms with Crippen molar-refractivity contribution in [3.63, 3.8) is 0 Å². The zero-order valence-electron chi connectivity index (χ0n) is 9.70. The number of nitrogens with zero attached hydrogens (tertiary/aromatic N) is 1. The van der Waals surface area contributed by atoms with Crippen molar-refractivity contribution in [3.8, 4) is 0 Å². The van der Waals surface area contributed by atoms with Gasteiger partial charge in [0.15, 0.2) is 0 Å². The molecule has 1 N–H and O–H groups in total. The second-order valence-electron chi connectivity index (χ2n) is 3.72. The van der Waals surface area contributed by atoms with E-state index < -0.39 is 12.0 Å². The van der Waals surface area contributed by atoms with Crippen LogP contribution in [0.2, 0.25) is 0 Å². The van der Waals surface area contributed by atoms with Crippen LogP contribution in [-0.2, 0) is 11.2 Å². The molecule has 0 aliphatic carbocycles. The summed E-state index contributed by atoms with van der Waals surface area (Å²) < 4.78 is 13.5. The first kappa shape index (κ1) is 12.5. The highest BCUT2D eigenvalue weighted by Gasteiger charge is 2.20. The van der Waals surface area contributed by atoms with E-state index in [-0.39, 0.29) is 5.82 Å². The quantitative estimate of drug-likeness (QED) is 0.854. The largest absolute Gasteiger partial charge is 0.480 e. The molecule has 3 nitrogen and oxygen atoms in total. The third kappa shape index (κ3) is 2.32. The molecule has 0 saturated heterocycles. The number of anilines is 1. The monoisotopic (exact) mass is 225 g/mol. The summed E-state index contributed by atoms with van der Waals surface area (Å²) in [5, 5.41) is 8.91. The molecule has 0 spiro atoms. The highest BCUT2D eigenvalue weighted by molar-refractivity contribution is 5.78. The zero-order chi connectivity index (χ0) is 12.3. The van der Waals surface area contributed by atoms with Gasteiger partial charge < -0.3 is 10.0 Å². The molecule has 1 aromatic rings. The molecule has 0 aromatic heterocycles. The number of hydrogen-bond donors (Lipinski definition) is 1. The minimum absolute atomic E-state index is 0.288. The van der Waals surface area contributed by atoms with Crippen LogP contribution in [0, 0.1) is 5.82 Å². The summed E-state index contributed by atoms with van der Waals surface area (Å²) >= 11 is 0. The summed E-state index contributed by atoms with van der Waals surface area (Å²) in [6.45, 7) is 3.42. The molecular formula is C12H16FNO2. The molecule has 16 heavy (non-hydrogen) atoms. The number of halogens is 1. The second-order valence-corrected chi connectivity index (χ2v) is 3.72. The fourth-order valence-electron chi connectivity index (χ4n) is 1.60. The Balaban J connectivity index is 3.12. The highest BCUT2D eigenvalue weighted by atomic mass is 19.1. The lowest BCUT2D eigenvalue weighted by Gasteiger charge is -2.26. The second kappa shape index (κ2) is 4.96. The van der Waals surface area contributed by atoms with Crippen LogP contribution in [-0.4, -0.2) is 24.2 Å². The summed E-state index contributed by atoms with van der Waals surface area (Å²) in [6.07, 6.45) is 0.540. The van der Waals surface area contributed by atoms with Gasteiger partial charge in [-0.1, -0.05) is 13.0 Å². The van der Waals surface area contributed by atoms with E-state index in [0.29, 0.717) is 17.7 Å². The summed E-state index contributed by atoms with van der Waals surface area (Å²) in [6, 6.07) is 4.05. The van der Waals surface area contributed by atoms with E-state index >= 15 is 0 Å². The molecule has 0 amide bonds. The summed E-state index contributed by atoms with van der Waals surface area (Å²) in [5.74, 6) is -1.21. The smallest absolute Gasteiger partial charge is 0.326 e. The zero-order valence-corrected chi connectivity index (χ0v) is 9.70. The van der Waals surface area contributed by atoms with Crippen molar-refractivity contribution in [1.29, 1.82) is 0 Å². The number of hydrogen-bond acceptors (Lipinski definition) is 2. The van der Waals surface area contributed by atoms with Crippen LogP contribution in [0.25, 0.3) is 0 Å². The van der Waals surface area contributed by atoms with Crippen molar-refractivity contribution in [2.75, 3.05) is 11.9 Å². The Morgan fingerprint density at radius 2 is 2.19 bits per heavy atom. The minimum Gasteiger partial charge on any atom is -0.480 e. The molecule has 88 valence electrons. The number of rotatable bonds is 4. The van der Waals surface area contributed by atoms with Crippen molar-refractivity contribution < 1.29 is 14.3 Å². The number of carboxylic acids is 1. The molecular weight excluding hydrogens is 209 g/mol. The van der Waals surface area contributed by atoms with Gasteiger partial charge in [0.05, 0.1) is 0 Å². The molecule has 0 heterocycles. The van der Waals surface area contributed by atoms with Crippen LogP contribution in [0.15, 0.2) is 18.2 Å². The first-order valence-electron chi connectivity index (χ1n) is 5.22. The maximum atomic E-state index is 13.5. The molecule has 1 aromatic carbocycles.